The summed E-state index contributed by atoms with van der Waals surface area (Å²) in [5, 5.41) is 0. The standard InChI is InChI=1S/2C6H7N.4C2H6/c1-6-2-4-7-5-3-6;1-6-3-2-4-7-5-6;4*1-2/h2*2-5H,1H3;4*1-2H3. The fourth-order valence-electron chi connectivity index (χ4n) is 0.875. The van der Waals surface area contributed by atoms with Gasteiger partial charge in [-0.05, 0) is 43.2 Å². The molecule has 0 bridgehead atoms. The summed E-state index contributed by atoms with van der Waals surface area (Å²) in [6.07, 6.45) is 7.18. The highest BCUT2D eigenvalue weighted by molar-refractivity contribution is 5.05. The second-order valence-corrected chi connectivity index (χ2v) is 3.05. The lowest BCUT2D eigenvalue weighted by Gasteiger charge is -1.82. The summed E-state index contributed by atoms with van der Waals surface area (Å²) in [5.41, 5.74) is 2.47. The zero-order valence-corrected chi connectivity index (χ0v) is 16.5. The van der Waals surface area contributed by atoms with Gasteiger partial charge in [0.05, 0.1) is 0 Å². The van der Waals surface area contributed by atoms with E-state index in [0.29, 0.717) is 0 Å². The van der Waals surface area contributed by atoms with E-state index in [-0.39, 0.29) is 0 Å². The van der Waals surface area contributed by atoms with Gasteiger partial charge < -0.3 is 0 Å². The molecule has 0 aliphatic carbocycles. The summed E-state index contributed by atoms with van der Waals surface area (Å²) in [6, 6.07) is 7.89. The molecule has 0 saturated heterocycles. The molecule has 2 heteroatoms. The Morgan fingerprint density at radius 3 is 1.18 bits per heavy atom. The van der Waals surface area contributed by atoms with E-state index in [1.165, 1.54) is 11.1 Å². The van der Waals surface area contributed by atoms with Gasteiger partial charge in [0, 0.05) is 24.8 Å². The third-order valence-electron chi connectivity index (χ3n) is 1.66. The predicted molar refractivity (Wildman–Crippen MR) is 103 cm³/mol. The van der Waals surface area contributed by atoms with Gasteiger partial charge in [-0.2, -0.15) is 0 Å². The molecule has 0 unspecified atom stereocenters. The Balaban J connectivity index is -0.000000102. The zero-order valence-electron chi connectivity index (χ0n) is 16.5. The molecule has 2 nitrogen and oxygen atoms in total. The summed E-state index contributed by atoms with van der Waals surface area (Å²) in [5.74, 6) is 0. The minimum atomic E-state index is 1.21. The van der Waals surface area contributed by atoms with Crippen LogP contribution in [0.1, 0.15) is 66.5 Å². The van der Waals surface area contributed by atoms with Crippen molar-refractivity contribution in [3.63, 3.8) is 0 Å². The molecule has 0 aromatic carbocycles. The van der Waals surface area contributed by atoms with Crippen LogP contribution in [0.4, 0.5) is 0 Å². The van der Waals surface area contributed by atoms with Crippen molar-refractivity contribution >= 4 is 0 Å². The van der Waals surface area contributed by atoms with Crippen LogP contribution in [0, 0.1) is 13.8 Å². The van der Waals surface area contributed by atoms with E-state index in [9.17, 15) is 0 Å². The molecule has 0 atom stereocenters. The number of aromatic nitrogens is 2. The first-order chi connectivity index (χ1) is 10.8. The second kappa shape index (κ2) is 31.6. The van der Waals surface area contributed by atoms with E-state index >= 15 is 0 Å². The lowest BCUT2D eigenvalue weighted by molar-refractivity contribution is 1.27. The van der Waals surface area contributed by atoms with Crippen LogP contribution in [0.25, 0.3) is 0 Å². The van der Waals surface area contributed by atoms with Crippen LogP contribution in [-0.2, 0) is 0 Å². The number of pyridine rings is 2. The number of nitrogens with zero attached hydrogens (tertiary/aromatic N) is 2. The lowest BCUT2D eigenvalue weighted by Crippen LogP contribution is -1.69. The van der Waals surface area contributed by atoms with Crippen molar-refractivity contribution in [2.45, 2.75) is 69.2 Å². The maximum absolute atomic E-state index is 3.88. The first-order valence-corrected chi connectivity index (χ1v) is 8.52. The molecule has 2 aromatic heterocycles. The Morgan fingerprint density at radius 1 is 0.545 bits per heavy atom. The first kappa shape index (κ1) is 28.5. The number of rotatable bonds is 0. The van der Waals surface area contributed by atoms with Crippen molar-refractivity contribution in [1.82, 2.24) is 9.97 Å². The van der Waals surface area contributed by atoms with Gasteiger partial charge >= 0.3 is 0 Å². The van der Waals surface area contributed by atoms with Crippen LogP contribution in [0.2, 0.25) is 0 Å². The van der Waals surface area contributed by atoms with Crippen LogP contribution in [0.3, 0.4) is 0 Å². The van der Waals surface area contributed by atoms with Crippen LogP contribution in [0.5, 0.6) is 0 Å². The Hall–Kier alpha value is -1.70. The van der Waals surface area contributed by atoms with Crippen LogP contribution in [0.15, 0.2) is 49.1 Å². The van der Waals surface area contributed by atoms with Gasteiger partial charge in [0.2, 0.25) is 0 Å². The van der Waals surface area contributed by atoms with Crippen LogP contribution < -0.4 is 0 Å². The maximum Gasteiger partial charge on any atom is 0.0297 e. The highest BCUT2D eigenvalue weighted by atomic mass is 14.6. The fraction of sp³-hybridized carbons (Fsp3) is 0.500. The average Bonchev–Trinajstić information content (AvgIpc) is 2.64. The summed E-state index contributed by atoms with van der Waals surface area (Å²) < 4.78 is 0. The Morgan fingerprint density at radius 2 is 1.00 bits per heavy atom. The Kier molecular flexibility index (Phi) is 40.9. The van der Waals surface area contributed by atoms with E-state index in [0.717, 1.165) is 0 Å². The van der Waals surface area contributed by atoms with Gasteiger partial charge in [-0.25, -0.2) is 0 Å². The molecule has 2 aromatic rings. The quantitative estimate of drug-likeness (QED) is 0.530. The average molecular weight is 307 g/mol. The molecule has 0 fully saturated rings. The highest BCUT2D eigenvalue weighted by Crippen LogP contribution is 1.89. The number of hydrogen-bond donors (Lipinski definition) is 0. The van der Waals surface area contributed by atoms with Gasteiger partial charge in [-0.3, -0.25) is 9.97 Å². The van der Waals surface area contributed by atoms with Gasteiger partial charge in [-0.15, -0.1) is 0 Å². The smallest absolute Gasteiger partial charge is 0.0297 e. The van der Waals surface area contributed by atoms with Crippen molar-refractivity contribution in [3.8, 4) is 0 Å². The van der Waals surface area contributed by atoms with Crippen LogP contribution >= 0.6 is 0 Å². The summed E-state index contributed by atoms with van der Waals surface area (Å²) >= 11 is 0. The van der Waals surface area contributed by atoms with Crippen LogP contribution in [-0.4, -0.2) is 9.97 Å². The largest absolute Gasteiger partial charge is 0.265 e. The predicted octanol–water partition coefficient (Wildman–Crippen LogP) is 6.88. The van der Waals surface area contributed by atoms with E-state index in [1.807, 2.05) is 99.7 Å². The van der Waals surface area contributed by atoms with Gasteiger partial charge in [0.1, 0.15) is 0 Å². The molecule has 0 radical (unpaired) electrons. The topological polar surface area (TPSA) is 25.8 Å². The summed E-state index contributed by atoms with van der Waals surface area (Å²) in [4.78, 5) is 7.73. The molecule has 0 N–H and O–H groups in total. The Labute approximate surface area is 140 Å². The lowest BCUT2D eigenvalue weighted by atomic mass is 10.3. The SMILES string of the molecule is CC.CC.CC.CC.Cc1cccnc1.Cc1ccncc1. The maximum atomic E-state index is 3.88. The van der Waals surface area contributed by atoms with E-state index in [4.69, 9.17) is 0 Å². The van der Waals surface area contributed by atoms with Crippen molar-refractivity contribution in [3.05, 3.63) is 60.2 Å². The molecule has 0 amide bonds. The molecular formula is C20H38N2. The van der Waals surface area contributed by atoms with E-state index < -0.39 is 0 Å². The van der Waals surface area contributed by atoms with Gasteiger partial charge in [0.15, 0.2) is 0 Å². The van der Waals surface area contributed by atoms with Gasteiger partial charge in [0.25, 0.3) is 0 Å². The number of aryl methyl sites for hydroxylation is 2. The molecular weight excluding hydrogens is 268 g/mol. The van der Waals surface area contributed by atoms with E-state index in [1.54, 1.807) is 18.6 Å². The summed E-state index contributed by atoms with van der Waals surface area (Å²) in [7, 11) is 0. The normalized spacial score (nSPS) is 6.64. The molecule has 2 rings (SSSR count). The minimum Gasteiger partial charge on any atom is -0.265 e. The molecule has 2 heterocycles. The van der Waals surface area contributed by atoms with E-state index in [2.05, 4.69) is 9.97 Å². The van der Waals surface area contributed by atoms with Crippen molar-refractivity contribution in [2.75, 3.05) is 0 Å². The zero-order chi connectivity index (χ0) is 18.2. The third kappa shape index (κ3) is 26.8. The number of hydrogen-bond acceptors (Lipinski definition) is 2. The molecule has 0 aliphatic rings. The minimum absolute atomic E-state index is 1.21. The molecule has 0 aliphatic heterocycles. The molecule has 0 saturated carbocycles. The van der Waals surface area contributed by atoms with Crippen molar-refractivity contribution in [2.24, 2.45) is 0 Å². The Bertz CT molecular complexity index is 307. The third-order valence-corrected chi connectivity index (χ3v) is 1.66. The van der Waals surface area contributed by atoms with Crippen molar-refractivity contribution in [1.29, 1.82) is 0 Å². The highest BCUT2D eigenvalue weighted by Gasteiger charge is 1.73. The second-order valence-electron chi connectivity index (χ2n) is 3.05. The first-order valence-electron chi connectivity index (χ1n) is 8.52. The molecule has 22 heavy (non-hydrogen) atoms. The molecule has 0 spiro atoms. The monoisotopic (exact) mass is 306 g/mol. The molecule has 128 valence electrons. The van der Waals surface area contributed by atoms with Crippen molar-refractivity contribution < 1.29 is 0 Å². The fourth-order valence-corrected chi connectivity index (χ4v) is 0.875. The summed E-state index contributed by atoms with van der Waals surface area (Å²) in [6.45, 7) is 20.1. The van der Waals surface area contributed by atoms with Gasteiger partial charge in [-0.1, -0.05) is 61.5 Å².